The van der Waals surface area contributed by atoms with Gasteiger partial charge in [0, 0.05) is 0 Å². The fourth-order valence-corrected chi connectivity index (χ4v) is 1.54. The smallest absolute Gasteiger partial charge is 0.161 e. The van der Waals surface area contributed by atoms with Crippen LogP contribution in [0.15, 0.2) is 47.6 Å². The van der Waals surface area contributed by atoms with E-state index in [1.165, 1.54) is 11.1 Å². The van der Waals surface area contributed by atoms with Crippen LogP contribution in [-0.2, 0) is 0 Å². The summed E-state index contributed by atoms with van der Waals surface area (Å²) in [6.45, 7) is 6.83. The number of hydrogen-bond donors (Lipinski definition) is 1. The Labute approximate surface area is 110 Å². The van der Waals surface area contributed by atoms with E-state index >= 15 is 0 Å². The predicted octanol–water partition coefficient (Wildman–Crippen LogP) is 4.46. The molecule has 1 aromatic carbocycles. The zero-order chi connectivity index (χ0) is 13.4. The second kappa shape index (κ2) is 7.59. The standard InChI is InChI=1S/C16H22O2/c1-13(2)7-6-8-14(3)11-12-18-16-10-5-4-9-15(16)17/h4-5,7,9-11,17H,6,8,12H2,1-3H3/b14-11-. The number of ether oxygens (including phenoxy) is 1. The Hall–Kier alpha value is -1.70. The number of rotatable bonds is 6. The lowest BCUT2D eigenvalue weighted by atomic mass is 10.1. The predicted molar refractivity (Wildman–Crippen MR) is 76.0 cm³/mol. The summed E-state index contributed by atoms with van der Waals surface area (Å²) in [6, 6.07) is 7.02. The highest BCUT2D eigenvalue weighted by Crippen LogP contribution is 2.24. The van der Waals surface area contributed by atoms with E-state index in [1.54, 1.807) is 18.2 Å². The van der Waals surface area contributed by atoms with Crippen LogP contribution in [0.1, 0.15) is 33.6 Å². The van der Waals surface area contributed by atoms with Crippen molar-refractivity contribution in [3.63, 3.8) is 0 Å². The van der Waals surface area contributed by atoms with E-state index in [4.69, 9.17) is 4.74 Å². The Morgan fingerprint density at radius 1 is 1.17 bits per heavy atom. The molecular weight excluding hydrogens is 224 g/mol. The molecule has 0 aliphatic rings. The first-order chi connectivity index (χ1) is 8.59. The van der Waals surface area contributed by atoms with Crippen molar-refractivity contribution in [2.75, 3.05) is 6.61 Å². The van der Waals surface area contributed by atoms with Crippen LogP contribution in [0.2, 0.25) is 0 Å². The molecule has 0 saturated heterocycles. The van der Waals surface area contributed by atoms with Crippen molar-refractivity contribution >= 4 is 0 Å². The summed E-state index contributed by atoms with van der Waals surface area (Å²) >= 11 is 0. The summed E-state index contributed by atoms with van der Waals surface area (Å²) in [7, 11) is 0. The summed E-state index contributed by atoms with van der Waals surface area (Å²) in [5, 5.41) is 9.52. The Bertz CT molecular complexity index is 426. The minimum Gasteiger partial charge on any atom is -0.504 e. The van der Waals surface area contributed by atoms with Crippen LogP contribution in [0.3, 0.4) is 0 Å². The molecule has 0 radical (unpaired) electrons. The molecule has 0 spiro atoms. The largest absolute Gasteiger partial charge is 0.504 e. The molecule has 0 bridgehead atoms. The van der Waals surface area contributed by atoms with Crippen molar-refractivity contribution in [1.82, 2.24) is 0 Å². The van der Waals surface area contributed by atoms with Gasteiger partial charge in [-0.15, -0.1) is 0 Å². The molecule has 0 saturated carbocycles. The lowest BCUT2D eigenvalue weighted by molar-refractivity contribution is 0.335. The molecule has 1 rings (SSSR count). The molecule has 18 heavy (non-hydrogen) atoms. The fraction of sp³-hybridized carbons (Fsp3) is 0.375. The lowest BCUT2D eigenvalue weighted by Crippen LogP contribution is -1.94. The summed E-state index contributed by atoms with van der Waals surface area (Å²) in [5.41, 5.74) is 2.66. The van der Waals surface area contributed by atoms with Gasteiger partial charge in [0.25, 0.3) is 0 Å². The van der Waals surface area contributed by atoms with Crippen molar-refractivity contribution in [3.8, 4) is 11.5 Å². The fourth-order valence-electron chi connectivity index (χ4n) is 1.54. The Morgan fingerprint density at radius 3 is 2.56 bits per heavy atom. The van der Waals surface area contributed by atoms with Crippen LogP contribution in [0.5, 0.6) is 11.5 Å². The maximum Gasteiger partial charge on any atom is 0.161 e. The number of para-hydroxylation sites is 2. The number of phenols is 1. The molecule has 2 heteroatoms. The van der Waals surface area contributed by atoms with Crippen molar-refractivity contribution in [2.45, 2.75) is 33.6 Å². The van der Waals surface area contributed by atoms with E-state index in [2.05, 4.69) is 32.9 Å². The van der Waals surface area contributed by atoms with E-state index in [9.17, 15) is 5.11 Å². The van der Waals surface area contributed by atoms with Gasteiger partial charge in [0.2, 0.25) is 0 Å². The van der Waals surface area contributed by atoms with Gasteiger partial charge >= 0.3 is 0 Å². The van der Waals surface area contributed by atoms with E-state index < -0.39 is 0 Å². The molecule has 0 amide bonds. The summed E-state index contributed by atoms with van der Waals surface area (Å²) < 4.78 is 5.49. The molecule has 1 aromatic rings. The normalized spacial score (nSPS) is 11.2. The molecule has 0 heterocycles. The maximum atomic E-state index is 9.52. The van der Waals surface area contributed by atoms with Crippen LogP contribution in [-0.4, -0.2) is 11.7 Å². The molecule has 2 nitrogen and oxygen atoms in total. The molecule has 0 unspecified atom stereocenters. The molecular formula is C16H22O2. The maximum absolute atomic E-state index is 9.52. The lowest BCUT2D eigenvalue weighted by Gasteiger charge is -2.06. The van der Waals surface area contributed by atoms with Crippen molar-refractivity contribution in [2.24, 2.45) is 0 Å². The van der Waals surface area contributed by atoms with Crippen LogP contribution in [0, 0.1) is 0 Å². The van der Waals surface area contributed by atoms with Gasteiger partial charge in [-0.2, -0.15) is 0 Å². The van der Waals surface area contributed by atoms with E-state index in [0.29, 0.717) is 12.4 Å². The van der Waals surface area contributed by atoms with Gasteiger partial charge in [-0.05, 0) is 51.8 Å². The Kier molecular flexibility index (Phi) is 6.06. The second-order valence-corrected chi connectivity index (χ2v) is 4.65. The first-order valence-electron chi connectivity index (χ1n) is 6.29. The third-order valence-electron chi connectivity index (χ3n) is 2.63. The van der Waals surface area contributed by atoms with E-state index in [1.807, 2.05) is 6.07 Å². The van der Waals surface area contributed by atoms with Gasteiger partial charge in [0.05, 0.1) is 0 Å². The van der Waals surface area contributed by atoms with Gasteiger partial charge in [-0.3, -0.25) is 0 Å². The monoisotopic (exact) mass is 246 g/mol. The Balaban J connectivity index is 2.36. The molecule has 0 aliphatic heterocycles. The first kappa shape index (κ1) is 14.4. The van der Waals surface area contributed by atoms with Gasteiger partial charge in [0.15, 0.2) is 11.5 Å². The molecule has 0 aromatic heterocycles. The van der Waals surface area contributed by atoms with Crippen molar-refractivity contribution < 1.29 is 9.84 Å². The van der Waals surface area contributed by atoms with Crippen LogP contribution in [0.4, 0.5) is 0 Å². The highest BCUT2D eigenvalue weighted by atomic mass is 16.5. The van der Waals surface area contributed by atoms with Crippen molar-refractivity contribution in [1.29, 1.82) is 0 Å². The number of hydrogen-bond acceptors (Lipinski definition) is 2. The summed E-state index contributed by atoms with van der Waals surface area (Å²) in [4.78, 5) is 0. The molecule has 1 N–H and O–H groups in total. The third-order valence-corrected chi connectivity index (χ3v) is 2.63. The van der Waals surface area contributed by atoms with E-state index in [-0.39, 0.29) is 5.75 Å². The first-order valence-corrected chi connectivity index (χ1v) is 6.29. The molecule has 0 atom stereocenters. The number of benzene rings is 1. The van der Waals surface area contributed by atoms with E-state index in [0.717, 1.165) is 12.8 Å². The highest BCUT2D eigenvalue weighted by molar-refractivity contribution is 5.38. The zero-order valence-corrected chi connectivity index (χ0v) is 11.4. The van der Waals surface area contributed by atoms with Crippen LogP contribution >= 0.6 is 0 Å². The SMILES string of the molecule is CC(C)=CCC/C(C)=C\COc1ccccc1O. The summed E-state index contributed by atoms with van der Waals surface area (Å²) in [5.74, 6) is 0.721. The molecule has 0 aliphatic carbocycles. The minimum absolute atomic E-state index is 0.188. The highest BCUT2D eigenvalue weighted by Gasteiger charge is 1.98. The minimum atomic E-state index is 0.188. The van der Waals surface area contributed by atoms with Gasteiger partial charge in [-0.25, -0.2) is 0 Å². The average Bonchev–Trinajstić information content (AvgIpc) is 2.31. The Morgan fingerprint density at radius 2 is 1.89 bits per heavy atom. The summed E-state index contributed by atoms with van der Waals surface area (Å²) in [6.07, 6.45) is 6.42. The third kappa shape index (κ3) is 5.58. The van der Waals surface area contributed by atoms with Gasteiger partial charge < -0.3 is 9.84 Å². The average molecular weight is 246 g/mol. The van der Waals surface area contributed by atoms with Gasteiger partial charge in [-0.1, -0.05) is 29.4 Å². The number of aromatic hydroxyl groups is 1. The number of allylic oxidation sites excluding steroid dienone is 3. The molecule has 98 valence electrons. The molecule has 0 fully saturated rings. The quantitative estimate of drug-likeness (QED) is 0.751. The topological polar surface area (TPSA) is 29.5 Å². The zero-order valence-electron chi connectivity index (χ0n) is 11.4. The van der Waals surface area contributed by atoms with Crippen LogP contribution in [0.25, 0.3) is 0 Å². The van der Waals surface area contributed by atoms with Gasteiger partial charge in [0.1, 0.15) is 6.61 Å². The van der Waals surface area contributed by atoms with Crippen LogP contribution < -0.4 is 4.74 Å². The number of phenolic OH excluding ortho intramolecular Hbond substituents is 1. The second-order valence-electron chi connectivity index (χ2n) is 4.65. The van der Waals surface area contributed by atoms with Crippen molar-refractivity contribution in [3.05, 3.63) is 47.6 Å².